The minimum atomic E-state index is -4.21. The number of ether oxygens (including phenoxy) is 3. The van der Waals surface area contributed by atoms with Crippen molar-refractivity contribution in [3.63, 3.8) is 0 Å². The second-order valence-electron chi connectivity index (χ2n) is 13.8. The maximum atomic E-state index is 14.5. The molecule has 0 spiro atoms. The lowest BCUT2D eigenvalue weighted by Crippen LogP contribution is -2.52. The Morgan fingerprint density at radius 2 is 1.73 bits per heavy atom. The molecule has 0 aromatic carbocycles. The van der Waals surface area contributed by atoms with E-state index in [-0.39, 0.29) is 55.5 Å². The lowest BCUT2D eigenvalue weighted by atomic mass is 9.80. The number of nitrogen functional groups attached to an aromatic ring is 1. The number of anilines is 1. The van der Waals surface area contributed by atoms with Gasteiger partial charge in [0, 0.05) is 6.42 Å². The van der Waals surface area contributed by atoms with Gasteiger partial charge < -0.3 is 34.7 Å². The lowest BCUT2D eigenvalue weighted by Gasteiger charge is -2.33. The van der Waals surface area contributed by atoms with Gasteiger partial charge in [-0.3, -0.25) is 14.2 Å². The highest BCUT2D eigenvalue weighted by atomic mass is 31.2. The van der Waals surface area contributed by atoms with Crippen LogP contribution >= 0.6 is 7.67 Å². The van der Waals surface area contributed by atoms with Crippen molar-refractivity contribution in [3.05, 3.63) is 24.2 Å². The number of nitriles is 1. The Labute approximate surface area is 299 Å². The summed E-state index contributed by atoms with van der Waals surface area (Å²) in [4.78, 5) is 30.3. The van der Waals surface area contributed by atoms with Crippen LogP contribution in [0.2, 0.25) is 0 Å². The Morgan fingerprint density at radius 1 is 1.12 bits per heavy atom. The van der Waals surface area contributed by atoms with Crippen LogP contribution in [-0.2, 0) is 38.5 Å². The monoisotopic (exact) mass is 735 g/mol. The third-order valence-electron chi connectivity index (χ3n) is 10.2. The van der Waals surface area contributed by atoms with Crippen molar-refractivity contribution in [2.24, 2.45) is 17.8 Å². The molecular formula is C34H54N7O9P. The minimum Gasteiger partial charge on any atom is -0.464 e. The van der Waals surface area contributed by atoms with Crippen LogP contribution in [-0.4, -0.2) is 86.5 Å². The molecule has 1 saturated carbocycles. The fraction of sp³-hybridized carbons (Fsp3) is 0.735. The summed E-state index contributed by atoms with van der Waals surface area (Å²) >= 11 is 0. The topological polar surface area (TPSA) is 233 Å². The van der Waals surface area contributed by atoms with E-state index in [1.807, 2.05) is 33.8 Å². The molecule has 1 saturated heterocycles. The third-order valence-corrected chi connectivity index (χ3v) is 12.1. The standard InChI is InChI=1S/C34H54N7O9P/c1-7-22(8-2)17-47-31(43)21(5)39-51(46,40-28(24-11-12-24)32(44)48-18-23(9-3)10-4)49-16-15-26-29(42)33(6,45)34(19-35,50-26)27-14-13-25-30(36)37-20-38-41(25)27/h13-14,20-24,26,28-29,42,45H,7-12,15-18H2,1-6H3,(H2,36,37,38)(H2,39,40,46). The van der Waals surface area contributed by atoms with Gasteiger partial charge in [-0.25, -0.2) is 19.7 Å². The molecular weight excluding hydrogens is 681 g/mol. The van der Waals surface area contributed by atoms with Gasteiger partial charge in [0.05, 0.1) is 31.6 Å². The molecule has 2 aliphatic rings. The molecule has 0 bridgehead atoms. The second-order valence-corrected chi connectivity index (χ2v) is 15.7. The smallest absolute Gasteiger partial charge is 0.342 e. The van der Waals surface area contributed by atoms with Gasteiger partial charge >= 0.3 is 19.6 Å². The molecule has 0 amide bonds. The van der Waals surface area contributed by atoms with E-state index in [4.69, 9.17) is 24.5 Å². The summed E-state index contributed by atoms with van der Waals surface area (Å²) < 4.78 is 39.0. The SMILES string of the molecule is CCC(CC)COC(=O)C(C)NP(=O)(NC(C(=O)OCC(CC)CC)C1CC1)OCCC1OC(C#N)(c2ccc3c(N)ncnn23)C(C)(O)C1O. The first-order valence-electron chi connectivity index (χ1n) is 17.9. The Kier molecular flexibility index (Phi) is 13.6. The molecule has 2 aromatic rings. The number of nitrogens with zero attached hydrogens (tertiary/aromatic N) is 4. The van der Waals surface area contributed by atoms with E-state index >= 15 is 0 Å². The van der Waals surface area contributed by atoms with Gasteiger partial charge in [-0.1, -0.05) is 53.4 Å². The Morgan fingerprint density at radius 3 is 2.29 bits per heavy atom. The number of aromatic nitrogens is 3. The molecule has 6 N–H and O–H groups in total. The van der Waals surface area contributed by atoms with E-state index in [2.05, 4.69) is 20.3 Å². The minimum absolute atomic E-state index is 0.121. The third kappa shape index (κ3) is 8.90. The second kappa shape index (κ2) is 17.1. The molecule has 3 heterocycles. The van der Waals surface area contributed by atoms with Crippen molar-refractivity contribution in [1.82, 2.24) is 24.8 Å². The number of nitrogens with one attached hydrogen (secondary N) is 2. The summed E-state index contributed by atoms with van der Waals surface area (Å²) in [5.74, 6) is -0.842. The van der Waals surface area contributed by atoms with Crippen LogP contribution in [0.15, 0.2) is 18.5 Å². The lowest BCUT2D eigenvalue weighted by molar-refractivity contribution is -0.148. The number of rotatable bonds is 20. The fourth-order valence-electron chi connectivity index (χ4n) is 6.28. The van der Waals surface area contributed by atoms with E-state index < -0.39 is 55.1 Å². The first-order valence-corrected chi connectivity index (χ1v) is 19.5. The average molecular weight is 736 g/mol. The quantitative estimate of drug-likeness (QED) is 0.0969. The van der Waals surface area contributed by atoms with Gasteiger partial charge in [-0.15, -0.1) is 0 Å². The van der Waals surface area contributed by atoms with Crippen LogP contribution < -0.4 is 15.9 Å². The number of carbonyl (C=O) groups is 2. The molecule has 17 heteroatoms. The summed E-state index contributed by atoms with van der Waals surface area (Å²) in [5, 5.41) is 43.0. The molecule has 2 aromatic heterocycles. The molecule has 1 aliphatic carbocycles. The fourth-order valence-corrected chi connectivity index (χ4v) is 8.16. The van der Waals surface area contributed by atoms with Crippen molar-refractivity contribution >= 4 is 30.9 Å². The average Bonchev–Trinajstić information content (AvgIpc) is 3.82. The first-order chi connectivity index (χ1) is 24.2. The zero-order chi connectivity index (χ0) is 37.6. The number of hydrogen-bond donors (Lipinski definition) is 5. The van der Waals surface area contributed by atoms with Crippen molar-refractivity contribution in [2.45, 2.75) is 122 Å². The number of aliphatic hydroxyl groups excluding tert-OH is 1. The summed E-state index contributed by atoms with van der Waals surface area (Å²) in [7, 11) is -4.21. The van der Waals surface area contributed by atoms with Gasteiger partial charge in [0.25, 0.3) is 0 Å². The number of aliphatic hydroxyl groups is 2. The van der Waals surface area contributed by atoms with E-state index in [1.54, 1.807) is 6.07 Å². The molecule has 284 valence electrons. The van der Waals surface area contributed by atoms with Gasteiger partial charge in [-0.2, -0.15) is 10.4 Å². The number of hydrogen-bond acceptors (Lipinski definition) is 13. The van der Waals surface area contributed by atoms with Crippen LogP contribution in [0, 0.1) is 29.1 Å². The zero-order valence-corrected chi connectivity index (χ0v) is 31.3. The molecule has 51 heavy (non-hydrogen) atoms. The Balaban J connectivity index is 1.53. The van der Waals surface area contributed by atoms with Crippen LogP contribution in [0.5, 0.6) is 0 Å². The molecule has 16 nitrogen and oxygen atoms in total. The summed E-state index contributed by atoms with van der Waals surface area (Å²) in [6, 6.07) is 3.05. The maximum absolute atomic E-state index is 14.5. The molecule has 7 unspecified atom stereocenters. The van der Waals surface area contributed by atoms with Crippen molar-refractivity contribution in [1.29, 1.82) is 5.26 Å². The van der Waals surface area contributed by atoms with E-state index in [9.17, 15) is 29.6 Å². The highest BCUT2D eigenvalue weighted by molar-refractivity contribution is 7.54. The largest absolute Gasteiger partial charge is 0.464 e. The Hall–Kier alpha value is -3.16. The van der Waals surface area contributed by atoms with Crippen LogP contribution in [0.4, 0.5) is 5.82 Å². The molecule has 7 atom stereocenters. The van der Waals surface area contributed by atoms with Gasteiger partial charge in [-0.05, 0) is 56.6 Å². The summed E-state index contributed by atoms with van der Waals surface area (Å²) in [6.45, 7) is 10.9. The zero-order valence-electron chi connectivity index (χ0n) is 30.4. The van der Waals surface area contributed by atoms with E-state index in [0.29, 0.717) is 18.4 Å². The molecule has 0 radical (unpaired) electrons. The molecule has 1 aliphatic heterocycles. The number of fused-ring (bicyclic) bond motifs is 1. The van der Waals surface area contributed by atoms with Crippen LogP contribution in [0.25, 0.3) is 5.52 Å². The van der Waals surface area contributed by atoms with Gasteiger partial charge in [0.1, 0.15) is 41.7 Å². The van der Waals surface area contributed by atoms with Crippen LogP contribution in [0.3, 0.4) is 0 Å². The maximum Gasteiger partial charge on any atom is 0.342 e. The van der Waals surface area contributed by atoms with E-state index in [1.165, 1.54) is 30.8 Å². The summed E-state index contributed by atoms with van der Waals surface area (Å²) in [6.07, 6.45) is 3.03. The molecule has 2 fully saturated rings. The number of carbonyl (C=O) groups excluding carboxylic acids is 2. The van der Waals surface area contributed by atoms with E-state index in [0.717, 1.165) is 25.7 Å². The highest BCUT2D eigenvalue weighted by Gasteiger charge is 2.65. The number of nitrogens with two attached hydrogens (primary N) is 1. The summed E-state index contributed by atoms with van der Waals surface area (Å²) in [5.41, 5.74) is 2.24. The van der Waals surface area contributed by atoms with Crippen molar-refractivity contribution in [2.75, 3.05) is 25.6 Å². The predicted octanol–water partition coefficient (Wildman–Crippen LogP) is 3.36. The van der Waals surface area contributed by atoms with Crippen LogP contribution in [0.1, 0.15) is 92.2 Å². The molecule has 4 rings (SSSR count). The highest BCUT2D eigenvalue weighted by Crippen LogP contribution is 2.49. The normalized spacial score (nSPS) is 25.8. The van der Waals surface area contributed by atoms with Gasteiger partial charge in [0.15, 0.2) is 5.82 Å². The predicted molar refractivity (Wildman–Crippen MR) is 187 cm³/mol. The van der Waals surface area contributed by atoms with Crippen molar-refractivity contribution in [3.8, 4) is 6.07 Å². The van der Waals surface area contributed by atoms with Gasteiger partial charge in [0.2, 0.25) is 5.60 Å². The van der Waals surface area contributed by atoms with Crippen molar-refractivity contribution < 1.29 is 43.1 Å². The first kappa shape index (κ1) is 40.6. The Bertz CT molecular complexity index is 1590. The number of esters is 2.